The van der Waals surface area contributed by atoms with E-state index < -0.39 is 50.8 Å². The fourth-order valence-electron chi connectivity index (χ4n) is 6.95. The third kappa shape index (κ3) is 9.69. The first-order valence-corrected chi connectivity index (χ1v) is 21.2. The van der Waals surface area contributed by atoms with Crippen LogP contribution in [-0.2, 0) is 35.4 Å². The Morgan fingerprint density at radius 3 is 1.95 bits per heavy atom. The summed E-state index contributed by atoms with van der Waals surface area (Å²) in [5.41, 5.74) is 5.38. The van der Waals surface area contributed by atoms with Crippen molar-refractivity contribution in [3.8, 4) is 33.6 Å². The van der Waals surface area contributed by atoms with Crippen LogP contribution in [0.3, 0.4) is 0 Å². The predicted octanol–water partition coefficient (Wildman–Crippen LogP) is 5.46. The van der Waals surface area contributed by atoms with Crippen molar-refractivity contribution in [1.29, 1.82) is 0 Å². The maximum Gasteiger partial charge on any atom is 0.407 e. The van der Waals surface area contributed by atoms with Gasteiger partial charge < -0.3 is 39.9 Å². The molecule has 1 aliphatic rings. The van der Waals surface area contributed by atoms with Crippen LogP contribution in [0, 0.1) is 5.92 Å². The van der Waals surface area contributed by atoms with Crippen molar-refractivity contribution in [3.63, 3.8) is 0 Å². The fourth-order valence-corrected chi connectivity index (χ4v) is 7.53. The highest BCUT2D eigenvalue weighted by Gasteiger charge is 2.48. The van der Waals surface area contributed by atoms with Crippen molar-refractivity contribution in [2.24, 2.45) is 5.92 Å². The third-order valence-electron chi connectivity index (χ3n) is 10.7. The first kappa shape index (κ1) is 43.4. The monoisotopic (exact) mass is 818 g/mol. The summed E-state index contributed by atoms with van der Waals surface area (Å²) in [6, 6.07) is 13.5. The van der Waals surface area contributed by atoms with Gasteiger partial charge in [0.05, 0.1) is 55.3 Å². The predicted molar refractivity (Wildman–Crippen MR) is 219 cm³/mol. The molecule has 1 aliphatic heterocycles. The zero-order chi connectivity index (χ0) is 42.4. The number of imidazole rings is 2. The van der Waals surface area contributed by atoms with Gasteiger partial charge in [-0.1, -0.05) is 69.3 Å². The van der Waals surface area contributed by atoms with Crippen LogP contribution in [0.15, 0.2) is 60.9 Å². The van der Waals surface area contributed by atoms with Crippen LogP contribution in [-0.4, -0.2) is 113 Å². The standard InChI is InChI=1S/C41H54N8O8S/c1-9-20-48(37(50)34(25(2)3)46-39(52)56-6)24-33-42-22-30(44-33)28-16-12-26(13-17-28)27-14-18-29(19-15-27)31-23-43-36(45-31)32-11-10-21-49(32)38(51)35(47-40(53)57-7)41(4,5)58(8,54)55/h12-19,22-23,25,32,34-35H,9-11,20-21,24H2,1-8H3,(H,42,44)(H,43,45)(H,46,52)(H,47,53)/t32-,34-,35+/m0/s1. The van der Waals surface area contributed by atoms with Crippen molar-refractivity contribution >= 4 is 33.8 Å². The minimum absolute atomic E-state index is 0.137. The van der Waals surface area contributed by atoms with Gasteiger partial charge in [-0.05, 0) is 61.3 Å². The van der Waals surface area contributed by atoms with E-state index in [2.05, 4.69) is 30.6 Å². The summed E-state index contributed by atoms with van der Waals surface area (Å²) in [6.45, 7) is 9.70. The minimum atomic E-state index is -3.77. The largest absolute Gasteiger partial charge is 0.453 e. The molecule has 5 rings (SSSR count). The lowest BCUT2D eigenvalue weighted by Gasteiger charge is -2.36. The Balaban J connectivity index is 1.26. The lowest BCUT2D eigenvalue weighted by Crippen LogP contribution is -2.61. The van der Waals surface area contributed by atoms with E-state index in [0.717, 1.165) is 53.4 Å². The summed E-state index contributed by atoms with van der Waals surface area (Å²) in [6.07, 6.45) is 4.98. The Morgan fingerprint density at radius 1 is 0.879 bits per heavy atom. The van der Waals surface area contributed by atoms with Crippen LogP contribution in [0.2, 0.25) is 0 Å². The van der Waals surface area contributed by atoms with Crippen LogP contribution in [0.5, 0.6) is 0 Å². The molecular formula is C41H54N8O8S. The highest BCUT2D eigenvalue weighted by Crippen LogP contribution is 2.35. The number of sulfone groups is 1. The number of hydrogen-bond donors (Lipinski definition) is 4. The highest BCUT2D eigenvalue weighted by molar-refractivity contribution is 7.92. The molecule has 0 bridgehead atoms. The number of amides is 4. The zero-order valence-electron chi connectivity index (χ0n) is 34.3. The van der Waals surface area contributed by atoms with Crippen molar-refractivity contribution in [2.75, 3.05) is 33.6 Å². The van der Waals surface area contributed by atoms with E-state index in [9.17, 15) is 27.6 Å². The van der Waals surface area contributed by atoms with E-state index in [1.165, 1.54) is 21.0 Å². The van der Waals surface area contributed by atoms with Gasteiger partial charge in [-0.2, -0.15) is 0 Å². The summed E-state index contributed by atoms with van der Waals surface area (Å²) < 4.78 is 33.2. The Bertz CT molecular complexity index is 2180. The van der Waals surface area contributed by atoms with Crippen molar-refractivity contribution in [1.82, 2.24) is 40.4 Å². The molecule has 16 nitrogen and oxygen atoms in total. The molecule has 2 aromatic heterocycles. The number of nitrogens with zero attached hydrogens (tertiary/aromatic N) is 4. The maximum atomic E-state index is 13.9. The summed E-state index contributed by atoms with van der Waals surface area (Å²) in [7, 11) is -1.34. The average molecular weight is 819 g/mol. The number of benzene rings is 2. The normalized spacial score (nSPS) is 15.5. The number of likely N-dealkylation sites (tertiary alicyclic amines) is 1. The first-order chi connectivity index (χ1) is 27.5. The third-order valence-corrected chi connectivity index (χ3v) is 12.8. The lowest BCUT2D eigenvalue weighted by atomic mass is 10.0. The molecule has 3 atom stereocenters. The summed E-state index contributed by atoms with van der Waals surface area (Å²) in [5, 5.41) is 5.12. The maximum absolute atomic E-state index is 13.9. The van der Waals surface area contributed by atoms with E-state index in [-0.39, 0.29) is 18.4 Å². The Morgan fingerprint density at radius 2 is 1.41 bits per heavy atom. The molecule has 0 saturated carbocycles. The van der Waals surface area contributed by atoms with Gasteiger partial charge in [-0.15, -0.1) is 0 Å². The first-order valence-electron chi connectivity index (χ1n) is 19.3. The topological polar surface area (TPSA) is 209 Å². The molecule has 3 heterocycles. The van der Waals surface area contributed by atoms with E-state index in [4.69, 9.17) is 9.47 Å². The number of methoxy groups -OCH3 is 2. The molecule has 58 heavy (non-hydrogen) atoms. The Labute approximate surface area is 339 Å². The van der Waals surface area contributed by atoms with Crippen LogP contribution in [0.1, 0.15) is 71.6 Å². The van der Waals surface area contributed by atoms with Crippen LogP contribution >= 0.6 is 0 Å². The Kier molecular flexibility index (Phi) is 13.7. The van der Waals surface area contributed by atoms with Crippen LogP contribution in [0.25, 0.3) is 33.6 Å². The van der Waals surface area contributed by atoms with Crippen LogP contribution in [0.4, 0.5) is 9.59 Å². The summed E-state index contributed by atoms with van der Waals surface area (Å²) in [5.74, 6) is 0.329. The van der Waals surface area contributed by atoms with E-state index >= 15 is 0 Å². The molecule has 0 unspecified atom stereocenters. The van der Waals surface area contributed by atoms with E-state index in [0.29, 0.717) is 37.6 Å². The molecule has 17 heteroatoms. The van der Waals surface area contributed by atoms with Gasteiger partial charge in [-0.3, -0.25) is 9.59 Å². The molecule has 1 saturated heterocycles. The molecular weight excluding hydrogens is 765 g/mol. The number of ether oxygens (including phenoxy) is 2. The lowest BCUT2D eigenvalue weighted by molar-refractivity contribution is -0.135. The number of aromatic nitrogens is 4. The van der Waals surface area contributed by atoms with E-state index in [1.54, 1.807) is 22.2 Å². The van der Waals surface area contributed by atoms with Gasteiger partial charge in [0.15, 0.2) is 9.84 Å². The summed E-state index contributed by atoms with van der Waals surface area (Å²) in [4.78, 5) is 70.6. The zero-order valence-corrected chi connectivity index (χ0v) is 35.1. The average Bonchev–Trinajstić information content (AvgIpc) is 3.99. The van der Waals surface area contributed by atoms with Crippen molar-refractivity contribution < 1.29 is 37.1 Å². The number of carbonyl (C=O) groups is 4. The van der Waals surface area contributed by atoms with E-state index in [1.807, 2.05) is 69.3 Å². The molecule has 4 aromatic rings. The number of alkyl carbamates (subject to hydrolysis) is 2. The molecule has 0 radical (unpaired) electrons. The molecule has 1 fully saturated rings. The second kappa shape index (κ2) is 18.3. The number of aromatic amines is 2. The number of nitrogens with one attached hydrogen (secondary N) is 4. The quantitative estimate of drug-likeness (QED) is 0.119. The summed E-state index contributed by atoms with van der Waals surface area (Å²) >= 11 is 0. The van der Waals surface area contributed by atoms with Gasteiger partial charge in [0, 0.05) is 19.3 Å². The van der Waals surface area contributed by atoms with Crippen molar-refractivity contribution in [2.45, 2.75) is 83.3 Å². The molecule has 0 spiro atoms. The van der Waals surface area contributed by atoms with Gasteiger partial charge in [0.1, 0.15) is 23.7 Å². The molecule has 2 aromatic carbocycles. The second-order valence-electron chi connectivity index (χ2n) is 15.3. The van der Waals surface area contributed by atoms with Crippen molar-refractivity contribution in [3.05, 3.63) is 72.6 Å². The smallest absolute Gasteiger partial charge is 0.407 e. The highest BCUT2D eigenvalue weighted by atomic mass is 32.2. The van der Waals surface area contributed by atoms with Gasteiger partial charge >= 0.3 is 12.2 Å². The van der Waals surface area contributed by atoms with Crippen LogP contribution < -0.4 is 10.6 Å². The minimum Gasteiger partial charge on any atom is -0.453 e. The molecule has 4 amide bonds. The molecule has 312 valence electrons. The number of hydrogen-bond acceptors (Lipinski definition) is 10. The van der Waals surface area contributed by atoms with Gasteiger partial charge in [0.2, 0.25) is 11.8 Å². The second-order valence-corrected chi connectivity index (χ2v) is 17.9. The SMILES string of the molecule is CCCN(Cc1ncc(-c2ccc(-c3ccc(-c4cnc([C@@H]5CCCN5C(=O)[C@@H](NC(=O)OC)C(C)(C)S(C)(=O)=O)[nH]4)cc3)cc2)[nH]1)C(=O)[C@@H](NC(=O)OC)C(C)C. The van der Waals surface area contributed by atoms with Gasteiger partial charge in [0.25, 0.3) is 0 Å². The molecule has 0 aliphatic carbocycles. The number of rotatable bonds is 15. The van der Waals surface area contributed by atoms with Gasteiger partial charge in [-0.25, -0.2) is 28.0 Å². The fraction of sp³-hybridized carbons (Fsp3) is 0.463. The molecule has 4 N–H and O–H groups in total. The number of H-pyrrole nitrogens is 2. The number of carbonyl (C=O) groups excluding carboxylic acids is 4. The Hall–Kier alpha value is -5.71.